The average molecular weight is 206 g/mol. The van der Waals surface area contributed by atoms with Gasteiger partial charge in [0.05, 0.1) is 5.69 Å². The Labute approximate surface area is 89.7 Å². The molecule has 0 N–H and O–H groups in total. The molecule has 14 heavy (non-hydrogen) atoms. The topological polar surface area (TPSA) is 3.24 Å². The van der Waals surface area contributed by atoms with Crippen LogP contribution in [0.5, 0.6) is 0 Å². The lowest BCUT2D eigenvalue weighted by Gasteiger charge is -2.19. The molecule has 0 unspecified atom stereocenters. The van der Waals surface area contributed by atoms with E-state index in [0.29, 0.717) is 5.02 Å². The Morgan fingerprint density at radius 3 is 2.64 bits per heavy atom. The van der Waals surface area contributed by atoms with Gasteiger partial charge in [0.25, 0.3) is 0 Å². The van der Waals surface area contributed by atoms with Gasteiger partial charge in [0.2, 0.25) is 0 Å². The zero-order chi connectivity index (χ0) is 9.97. The maximum Gasteiger partial charge on any atom is 0.0526 e. The number of rotatable bonds is 1. The Balaban J connectivity index is 2.37. The minimum atomic E-state index is 0.709. The van der Waals surface area contributed by atoms with Crippen molar-refractivity contribution in [3.05, 3.63) is 28.8 Å². The number of hydrogen-bond acceptors (Lipinski definition) is 1. The highest BCUT2D eigenvalue weighted by atomic mass is 35.5. The Morgan fingerprint density at radius 1 is 1.29 bits per heavy atom. The molecular weight excluding hydrogens is 194 g/mol. The second-order valence-corrected chi connectivity index (χ2v) is 3.94. The van der Waals surface area contributed by atoms with Crippen molar-refractivity contribution < 1.29 is 0 Å². The van der Waals surface area contributed by atoms with Crippen molar-refractivity contribution in [2.24, 2.45) is 0 Å². The second kappa shape index (κ2) is 3.94. The Bertz CT molecular complexity index is 372. The number of halogens is 1. The smallest absolute Gasteiger partial charge is 0.0526 e. The number of nitrogens with zero attached hydrogens (tertiary/aromatic N) is 1. The van der Waals surface area contributed by atoms with E-state index in [9.17, 15) is 0 Å². The zero-order valence-electron chi connectivity index (χ0n) is 7.96. The maximum atomic E-state index is 5.89. The fraction of sp³-hybridized carbons (Fsp3) is 0.333. The van der Waals surface area contributed by atoms with E-state index >= 15 is 0 Å². The highest BCUT2D eigenvalue weighted by Crippen LogP contribution is 2.26. The van der Waals surface area contributed by atoms with Crippen LogP contribution in [0.15, 0.2) is 18.2 Å². The molecule has 0 amide bonds. The Hall–Kier alpha value is -1.13. The molecular formula is C12H12ClN. The van der Waals surface area contributed by atoms with Crippen molar-refractivity contribution >= 4 is 17.3 Å². The molecule has 0 aromatic heterocycles. The first-order chi connectivity index (χ1) is 6.81. The summed E-state index contributed by atoms with van der Waals surface area (Å²) in [6, 6.07) is 5.77. The summed E-state index contributed by atoms with van der Waals surface area (Å²) in [6.07, 6.45) is 7.96. The van der Waals surface area contributed by atoms with Crippen LogP contribution in [0.25, 0.3) is 0 Å². The van der Waals surface area contributed by atoms with E-state index in [4.69, 9.17) is 18.0 Å². The lowest BCUT2D eigenvalue weighted by molar-refractivity contribution is 0.949. The zero-order valence-corrected chi connectivity index (χ0v) is 8.72. The Morgan fingerprint density at radius 2 is 2.00 bits per heavy atom. The first-order valence-corrected chi connectivity index (χ1v) is 5.20. The molecule has 1 fully saturated rings. The van der Waals surface area contributed by atoms with Crippen LogP contribution in [0.1, 0.15) is 18.4 Å². The third kappa shape index (κ3) is 1.71. The molecule has 2 rings (SSSR count). The molecule has 1 aliphatic heterocycles. The van der Waals surface area contributed by atoms with Crippen molar-refractivity contribution in [2.75, 3.05) is 18.0 Å². The van der Waals surface area contributed by atoms with Gasteiger partial charge < -0.3 is 4.90 Å². The molecule has 0 saturated carbocycles. The van der Waals surface area contributed by atoms with Gasteiger partial charge in [0, 0.05) is 23.7 Å². The average Bonchev–Trinajstić information content (AvgIpc) is 2.70. The van der Waals surface area contributed by atoms with E-state index in [-0.39, 0.29) is 0 Å². The summed E-state index contributed by atoms with van der Waals surface area (Å²) in [6.45, 7) is 2.21. The summed E-state index contributed by atoms with van der Waals surface area (Å²) in [4.78, 5) is 2.32. The van der Waals surface area contributed by atoms with Gasteiger partial charge in [0.15, 0.2) is 0 Å². The van der Waals surface area contributed by atoms with E-state index in [0.717, 1.165) is 24.3 Å². The van der Waals surface area contributed by atoms with Crippen LogP contribution in [0, 0.1) is 12.3 Å². The summed E-state index contributed by atoms with van der Waals surface area (Å²) >= 11 is 5.89. The fourth-order valence-corrected chi connectivity index (χ4v) is 2.03. The largest absolute Gasteiger partial charge is 0.371 e. The molecule has 2 heteroatoms. The van der Waals surface area contributed by atoms with E-state index in [1.165, 1.54) is 12.8 Å². The van der Waals surface area contributed by atoms with E-state index in [2.05, 4.69) is 10.8 Å². The molecule has 1 aromatic rings. The van der Waals surface area contributed by atoms with E-state index in [1.54, 1.807) is 0 Å². The standard InChI is InChI=1S/C12H12ClN/c1-2-10-9-11(13)5-6-12(10)14-7-3-4-8-14/h1,5-6,9H,3-4,7-8H2. The first kappa shape index (κ1) is 9.43. The number of terminal acetylenes is 1. The van der Waals surface area contributed by atoms with E-state index in [1.807, 2.05) is 18.2 Å². The van der Waals surface area contributed by atoms with Crippen molar-refractivity contribution in [1.29, 1.82) is 0 Å². The molecule has 1 heterocycles. The number of anilines is 1. The van der Waals surface area contributed by atoms with Crippen LogP contribution in [0.2, 0.25) is 5.02 Å². The third-order valence-electron chi connectivity index (χ3n) is 2.56. The van der Waals surface area contributed by atoms with Crippen molar-refractivity contribution in [3.63, 3.8) is 0 Å². The molecule has 1 saturated heterocycles. The van der Waals surface area contributed by atoms with Crippen LogP contribution >= 0.6 is 11.6 Å². The van der Waals surface area contributed by atoms with Gasteiger partial charge >= 0.3 is 0 Å². The van der Waals surface area contributed by atoms with E-state index < -0.39 is 0 Å². The van der Waals surface area contributed by atoms with Crippen LogP contribution in [-0.4, -0.2) is 13.1 Å². The minimum Gasteiger partial charge on any atom is -0.371 e. The maximum absolute atomic E-state index is 5.89. The van der Waals surface area contributed by atoms with Gasteiger partial charge in [-0.15, -0.1) is 6.42 Å². The van der Waals surface area contributed by atoms with Gasteiger partial charge in [-0.2, -0.15) is 0 Å². The third-order valence-corrected chi connectivity index (χ3v) is 2.80. The van der Waals surface area contributed by atoms with Crippen molar-refractivity contribution in [2.45, 2.75) is 12.8 Å². The highest BCUT2D eigenvalue weighted by Gasteiger charge is 2.14. The number of hydrogen-bond donors (Lipinski definition) is 0. The highest BCUT2D eigenvalue weighted by molar-refractivity contribution is 6.30. The summed E-state index contributed by atoms with van der Waals surface area (Å²) in [5.74, 6) is 2.69. The molecule has 0 atom stereocenters. The lowest BCUT2D eigenvalue weighted by Crippen LogP contribution is -2.18. The van der Waals surface area contributed by atoms with Gasteiger partial charge in [-0.25, -0.2) is 0 Å². The summed E-state index contributed by atoms with van der Waals surface area (Å²) < 4.78 is 0. The van der Waals surface area contributed by atoms with Crippen LogP contribution in [0.3, 0.4) is 0 Å². The Kier molecular flexibility index (Phi) is 2.65. The van der Waals surface area contributed by atoms with Crippen LogP contribution in [0.4, 0.5) is 5.69 Å². The second-order valence-electron chi connectivity index (χ2n) is 3.50. The SMILES string of the molecule is C#Cc1cc(Cl)ccc1N1CCCC1. The summed E-state index contributed by atoms with van der Waals surface area (Å²) in [5.41, 5.74) is 2.05. The molecule has 0 bridgehead atoms. The molecule has 72 valence electrons. The minimum absolute atomic E-state index is 0.709. The number of benzene rings is 1. The van der Waals surface area contributed by atoms with Crippen molar-refractivity contribution in [1.82, 2.24) is 0 Å². The fourth-order valence-electron chi connectivity index (χ4n) is 1.86. The van der Waals surface area contributed by atoms with Gasteiger partial charge in [-0.05, 0) is 31.0 Å². The monoisotopic (exact) mass is 205 g/mol. The molecule has 1 aromatic carbocycles. The van der Waals surface area contributed by atoms with Crippen molar-refractivity contribution in [3.8, 4) is 12.3 Å². The summed E-state index contributed by atoms with van der Waals surface area (Å²) in [5, 5.41) is 0.709. The molecule has 0 radical (unpaired) electrons. The first-order valence-electron chi connectivity index (χ1n) is 4.82. The lowest BCUT2D eigenvalue weighted by atomic mass is 10.1. The quantitative estimate of drug-likeness (QED) is 0.638. The van der Waals surface area contributed by atoms with Crippen LogP contribution < -0.4 is 4.90 Å². The predicted molar refractivity (Wildman–Crippen MR) is 60.8 cm³/mol. The molecule has 1 aliphatic rings. The normalized spacial score (nSPS) is 15.6. The van der Waals surface area contributed by atoms with Gasteiger partial charge in [0.1, 0.15) is 0 Å². The van der Waals surface area contributed by atoms with Gasteiger partial charge in [-0.1, -0.05) is 17.5 Å². The van der Waals surface area contributed by atoms with Gasteiger partial charge in [-0.3, -0.25) is 0 Å². The predicted octanol–water partition coefficient (Wildman–Crippen LogP) is 2.92. The van der Waals surface area contributed by atoms with Crippen LogP contribution in [-0.2, 0) is 0 Å². The molecule has 0 aliphatic carbocycles. The summed E-state index contributed by atoms with van der Waals surface area (Å²) in [7, 11) is 0. The molecule has 0 spiro atoms. The molecule has 1 nitrogen and oxygen atoms in total.